The number of nitrogens with one attached hydrogen (secondary N) is 1. The van der Waals surface area contributed by atoms with Crippen LogP contribution in [0.3, 0.4) is 0 Å². The van der Waals surface area contributed by atoms with Crippen LogP contribution in [0.2, 0.25) is 0 Å². The van der Waals surface area contributed by atoms with Crippen molar-refractivity contribution in [2.75, 3.05) is 27.2 Å². The van der Waals surface area contributed by atoms with E-state index in [-0.39, 0.29) is 18.2 Å². The molecule has 1 aliphatic heterocycles. The van der Waals surface area contributed by atoms with E-state index in [4.69, 9.17) is 4.74 Å². The Kier molecular flexibility index (Phi) is 6.87. The van der Waals surface area contributed by atoms with Crippen molar-refractivity contribution in [2.45, 2.75) is 39.4 Å². The summed E-state index contributed by atoms with van der Waals surface area (Å²) < 4.78 is 5.40. The maximum absolute atomic E-state index is 12.8. The van der Waals surface area contributed by atoms with E-state index in [1.54, 1.807) is 25.3 Å². The van der Waals surface area contributed by atoms with Gasteiger partial charge in [-0.25, -0.2) is 4.98 Å². The predicted molar refractivity (Wildman–Crippen MR) is 113 cm³/mol. The molecule has 0 aliphatic carbocycles. The number of carbonyl (C=O) groups excluding carboxylic acids is 2. The summed E-state index contributed by atoms with van der Waals surface area (Å²) in [7, 11) is 3.42. The van der Waals surface area contributed by atoms with Gasteiger partial charge < -0.3 is 15.0 Å². The monoisotopic (exact) mass is 416 g/mol. The molecule has 0 radical (unpaired) electrons. The van der Waals surface area contributed by atoms with Crippen molar-refractivity contribution in [3.63, 3.8) is 0 Å². The van der Waals surface area contributed by atoms with E-state index < -0.39 is 6.04 Å². The number of benzene rings is 1. The average Bonchev–Trinajstić information content (AvgIpc) is 3.21. The second kappa shape index (κ2) is 9.37. The molecular formula is C21H28N4O3S. The molecule has 156 valence electrons. The van der Waals surface area contributed by atoms with Crippen LogP contribution in [0, 0.1) is 13.8 Å². The lowest BCUT2D eigenvalue weighted by atomic mass is 10.00. The lowest BCUT2D eigenvalue weighted by molar-refractivity contribution is -0.138. The van der Waals surface area contributed by atoms with Gasteiger partial charge >= 0.3 is 0 Å². The lowest BCUT2D eigenvalue weighted by Crippen LogP contribution is -2.56. The topological polar surface area (TPSA) is 74.8 Å². The normalized spacial score (nSPS) is 17.1. The molecule has 2 amide bonds. The molecule has 7 nitrogen and oxygen atoms in total. The van der Waals surface area contributed by atoms with E-state index in [1.807, 2.05) is 24.4 Å². The Morgan fingerprint density at radius 2 is 2.17 bits per heavy atom. The number of piperazine rings is 1. The summed E-state index contributed by atoms with van der Waals surface area (Å²) >= 11 is 1.52. The molecule has 1 aromatic carbocycles. The average molecular weight is 417 g/mol. The number of rotatable bonds is 7. The largest absolute Gasteiger partial charge is 0.496 e. The first-order chi connectivity index (χ1) is 13.9. The Morgan fingerprint density at radius 1 is 1.38 bits per heavy atom. The Hall–Kier alpha value is -2.45. The molecule has 1 fully saturated rings. The first-order valence-corrected chi connectivity index (χ1v) is 10.6. The van der Waals surface area contributed by atoms with Crippen LogP contribution in [-0.4, -0.2) is 59.9 Å². The summed E-state index contributed by atoms with van der Waals surface area (Å²) in [4.78, 5) is 33.3. The summed E-state index contributed by atoms with van der Waals surface area (Å²) in [6.07, 6.45) is 1.88. The Morgan fingerprint density at radius 3 is 2.86 bits per heavy atom. The quantitative estimate of drug-likeness (QED) is 0.748. The first kappa shape index (κ1) is 21.3. The van der Waals surface area contributed by atoms with Crippen molar-refractivity contribution in [3.8, 4) is 5.75 Å². The van der Waals surface area contributed by atoms with Crippen LogP contribution in [0.4, 0.5) is 0 Å². The highest BCUT2D eigenvalue weighted by molar-refractivity contribution is 7.09. The Bertz CT molecular complexity index is 869. The number of hydrogen-bond acceptors (Lipinski definition) is 6. The number of nitrogens with zero attached hydrogens (tertiary/aromatic N) is 3. The summed E-state index contributed by atoms with van der Waals surface area (Å²) in [5.74, 6) is 0.711. The Labute approximate surface area is 175 Å². The zero-order valence-corrected chi connectivity index (χ0v) is 18.2. The molecule has 0 bridgehead atoms. The highest BCUT2D eigenvalue weighted by Crippen LogP contribution is 2.26. The molecule has 1 saturated heterocycles. The number of amides is 2. The van der Waals surface area contributed by atoms with E-state index in [0.717, 1.165) is 27.4 Å². The number of ether oxygens (including phenoxy) is 1. The van der Waals surface area contributed by atoms with Crippen molar-refractivity contribution in [3.05, 3.63) is 45.4 Å². The summed E-state index contributed by atoms with van der Waals surface area (Å²) in [6, 6.07) is 3.53. The third kappa shape index (κ3) is 4.94. The van der Waals surface area contributed by atoms with Gasteiger partial charge in [-0.05, 0) is 36.6 Å². The third-order valence-corrected chi connectivity index (χ3v) is 6.30. The lowest BCUT2D eigenvalue weighted by Gasteiger charge is -2.35. The van der Waals surface area contributed by atoms with Gasteiger partial charge in [-0.1, -0.05) is 6.07 Å². The molecule has 8 heteroatoms. The van der Waals surface area contributed by atoms with Gasteiger partial charge in [0, 0.05) is 38.3 Å². The molecule has 1 N–H and O–H groups in total. The molecule has 1 unspecified atom stereocenters. The van der Waals surface area contributed by atoms with Crippen molar-refractivity contribution >= 4 is 23.2 Å². The van der Waals surface area contributed by atoms with Crippen molar-refractivity contribution < 1.29 is 14.3 Å². The SMILES string of the molecule is COc1ccc(CN2CCNC(=O)C2CC(=O)N(C)Cc2nccs2)c(C)c1C. The number of aromatic nitrogens is 1. The zero-order valence-electron chi connectivity index (χ0n) is 17.4. The minimum absolute atomic E-state index is 0.0603. The number of methoxy groups -OCH3 is 1. The van der Waals surface area contributed by atoms with E-state index >= 15 is 0 Å². The van der Waals surface area contributed by atoms with Gasteiger partial charge in [0.05, 0.1) is 26.1 Å². The van der Waals surface area contributed by atoms with Gasteiger partial charge in [0.1, 0.15) is 10.8 Å². The fourth-order valence-corrected chi connectivity index (χ4v) is 4.25. The van der Waals surface area contributed by atoms with Crippen molar-refractivity contribution in [1.29, 1.82) is 0 Å². The molecule has 1 atom stereocenters. The molecular weight excluding hydrogens is 388 g/mol. The molecule has 2 aromatic rings. The van der Waals surface area contributed by atoms with Crippen LogP contribution >= 0.6 is 11.3 Å². The highest BCUT2D eigenvalue weighted by atomic mass is 32.1. The zero-order chi connectivity index (χ0) is 21.0. The summed E-state index contributed by atoms with van der Waals surface area (Å²) in [6.45, 7) is 6.49. The second-order valence-corrected chi connectivity index (χ2v) is 8.31. The number of carbonyl (C=O) groups is 2. The molecule has 2 heterocycles. The fraction of sp³-hybridized carbons (Fsp3) is 0.476. The van der Waals surface area contributed by atoms with Crippen LogP contribution in [0.15, 0.2) is 23.7 Å². The van der Waals surface area contributed by atoms with E-state index in [2.05, 4.69) is 22.1 Å². The van der Waals surface area contributed by atoms with Gasteiger partial charge in [0.2, 0.25) is 11.8 Å². The number of thiazole rings is 1. The van der Waals surface area contributed by atoms with E-state index in [1.165, 1.54) is 11.3 Å². The standard InChI is InChI=1S/C21H28N4O3S/c1-14-15(2)18(28-4)6-5-16(14)12-25-9-7-23-21(27)17(25)11-20(26)24(3)13-19-22-8-10-29-19/h5-6,8,10,17H,7,9,11-13H2,1-4H3,(H,23,27). The molecule has 1 aromatic heterocycles. The molecule has 1 aliphatic rings. The Balaban J connectivity index is 1.71. The maximum atomic E-state index is 12.8. The minimum atomic E-state index is -0.475. The maximum Gasteiger partial charge on any atom is 0.237 e. The van der Waals surface area contributed by atoms with Crippen molar-refractivity contribution in [1.82, 2.24) is 20.1 Å². The smallest absolute Gasteiger partial charge is 0.237 e. The van der Waals surface area contributed by atoms with Gasteiger partial charge in [-0.2, -0.15) is 0 Å². The van der Waals surface area contributed by atoms with Crippen LogP contribution in [-0.2, 0) is 22.7 Å². The van der Waals surface area contributed by atoms with Crippen molar-refractivity contribution in [2.24, 2.45) is 0 Å². The summed E-state index contributed by atoms with van der Waals surface area (Å²) in [5.41, 5.74) is 3.40. The molecule has 0 spiro atoms. The third-order valence-electron chi connectivity index (χ3n) is 5.53. The van der Waals surface area contributed by atoms with Crippen LogP contribution < -0.4 is 10.1 Å². The molecule has 3 rings (SSSR count). The summed E-state index contributed by atoms with van der Waals surface area (Å²) in [5, 5.41) is 5.68. The van der Waals surface area contributed by atoms with Crippen LogP contribution in [0.5, 0.6) is 5.75 Å². The van der Waals surface area contributed by atoms with Crippen LogP contribution in [0.1, 0.15) is 28.1 Å². The fourth-order valence-electron chi connectivity index (χ4n) is 3.58. The number of hydrogen-bond donors (Lipinski definition) is 1. The first-order valence-electron chi connectivity index (χ1n) is 9.68. The van der Waals surface area contributed by atoms with Crippen LogP contribution in [0.25, 0.3) is 0 Å². The predicted octanol–water partition coefficient (Wildman–Crippen LogP) is 2.12. The molecule has 0 saturated carbocycles. The minimum Gasteiger partial charge on any atom is -0.496 e. The van der Waals surface area contributed by atoms with E-state index in [0.29, 0.717) is 26.2 Å². The van der Waals surface area contributed by atoms with Gasteiger partial charge in [-0.15, -0.1) is 11.3 Å². The van der Waals surface area contributed by atoms with Gasteiger partial charge in [0.25, 0.3) is 0 Å². The highest BCUT2D eigenvalue weighted by Gasteiger charge is 2.32. The van der Waals surface area contributed by atoms with Gasteiger partial charge in [-0.3, -0.25) is 14.5 Å². The van der Waals surface area contributed by atoms with Gasteiger partial charge in [0.15, 0.2) is 0 Å². The molecule has 29 heavy (non-hydrogen) atoms. The second-order valence-electron chi connectivity index (χ2n) is 7.33. The van der Waals surface area contributed by atoms with E-state index in [9.17, 15) is 9.59 Å².